The molecule has 102 valence electrons. The number of aliphatic hydroxyl groups excluding tert-OH is 1. The molecule has 1 saturated heterocycles. The Kier molecular flexibility index (Phi) is 2.82. The lowest BCUT2D eigenvalue weighted by atomic mass is 10.00. The fourth-order valence-electron chi connectivity index (χ4n) is 3.27. The molecule has 2 heterocycles. The molecule has 19 heavy (non-hydrogen) atoms. The van der Waals surface area contributed by atoms with Crippen LogP contribution in [0.2, 0.25) is 0 Å². The highest BCUT2D eigenvalue weighted by atomic mass is 16.4. The molecule has 1 saturated carbocycles. The van der Waals surface area contributed by atoms with Crippen LogP contribution in [0.5, 0.6) is 0 Å². The maximum atomic E-state index is 10.8. The molecule has 4 N–H and O–H groups in total. The summed E-state index contributed by atoms with van der Waals surface area (Å²) in [4.78, 5) is 17.1. The number of carboxylic acid groups (broad SMARTS) is 1. The van der Waals surface area contributed by atoms with Crippen molar-refractivity contribution in [2.24, 2.45) is 11.8 Å². The Morgan fingerprint density at radius 2 is 2.21 bits per heavy atom. The molecule has 6 heteroatoms. The molecule has 3 unspecified atom stereocenters. The molecule has 0 bridgehead atoms. The van der Waals surface area contributed by atoms with Crippen molar-refractivity contribution in [2.75, 3.05) is 23.7 Å². The van der Waals surface area contributed by atoms with Gasteiger partial charge in [0.15, 0.2) is 5.82 Å². The van der Waals surface area contributed by atoms with Crippen LogP contribution < -0.4 is 10.6 Å². The number of fused-ring (bicyclic) bond motifs is 1. The highest BCUT2D eigenvalue weighted by molar-refractivity contribution is 5.89. The van der Waals surface area contributed by atoms with Crippen molar-refractivity contribution >= 4 is 17.5 Å². The van der Waals surface area contributed by atoms with Crippen LogP contribution in [-0.4, -0.2) is 40.4 Å². The predicted molar refractivity (Wildman–Crippen MR) is 70.0 cm³/mol. The minimum Gasteiger partial charge on any atom is -0.478 e. The van der Waals surface area contributed by atoms with E-state index in [1.807, 2.05) is 0 Å². The minimum atomic E-state index is -1.03. The van der Waals surface area contributed by atoms with Gasteiger partial charge >= 0.3 is 5.97 Å². The van der Waals surface area contributed by atoms with Crippen LogP contribution in [0.3, 0.4) is 0 Å². The number of nitrogens with two attached hydrogens (primary N) is 1. The highest BCUT2D eigenvalue weighted by Crippen LogP contribution is 2.40. The van der Waals surface area contributed by atoms with E-state index in [-0.39, 0.29) is 11.7 Å². The van der Waals surface area contributed by atoms with Crippen LogP contribution in [0.4, 0.5) is 11.5 Å². The lowest BCUT2D eigenvalue weighted by Gasteiger charge is -2.21. The number of hydrogen-bond donors (Lipinski definition) is 3. The van der Waals surface area contributed by atoms with Gasteiger partial charge in [-0.05, 0) is 24.8 Å². The smallest absolute Gasteiger partial charge is 0.337 e. The normalized spacial score (nSPS) is 29.5. The summed E-state index contributed by atoms with van der Waals surface area (Å²) in [6, 6.07) is 1.44. The summed E-state index contributed by atoms with van der Waals surface area (Å²) in [5.74, 6) is 0.391. The molecular weight excluding hydrogens is 246 g/mol. The van der Waals surface area contributed by atoms with Gasteiger partial charge in [-0.3, -0.25) is 0 Å². The lowest BCUT2D eigenvalue weighted by molar-refractivity contribution is 0.0696. The second kappa shape index (κ2) is 4.38. The Morgan fingerprint density at radius 3 is 2.84 bits per heavy atom. The number of nitrogens with zero attached hydrogens (tertiary/aromatic N) is 2. The van der Waals surface area contributed by atoms with Crippen molar-refractivity contribution in [3.8, 4) is 0 Å². The van der Waals surface area contributed by atoms with Crippen LogP contribution in [0.25, 0.3) is 0 Å². The van der Waals surface area contributed by atoms with Crippen LogP contribution >= 0.6 is 0 Å². The molecule has 0 aromatic carbocycles. The van der Waals surface area contributed by atoms with Crippen LogP contribution in [0.1, 0.15) is 23.2 Å². The zero-order chi connectivity index (χ0) is 13.6. The van der Waals surface area contributed by atoms with Gasteiger partial charge in [0.2, 0.25) is 0 Å². The van der Waals surface area contributed by atoms with E-state index in [0.717, 1.165) is 25.9 Å². The standard InChI is InChI=1S/C13H17N3O3/c14-10-3-8(13(18)19)4-15-12(10)16-5-7-1-2-11(17)9(7)6-16/h3-4,7,9,11,17H,1-2,5-6,14H2,(H,18,19). The summed E-state index contributed by atoms with van der Waals surface area (Å²) >= 11 is 0. The number of carbonyl (C=O) groups is 1. The van der Waals surface area contributed by atoms with E-state index in [2.05, 4.69) is 9.88 Å². The molecule has 0 radical (unpaired) electrons. The number of rotatable bonds is 2. The predicted octanol–water partition coefficient (Wildman–Crippen LogP) is 0.569. The van der Waals surface area contributed by atoms with E-state index < -0.39 is 5.97 Å². The molecule has 1 aliphatic carbocycles. The van der Waals surface area contributed by atoms with Gasteiger partial charge in [-0.1, -0.05) is 0 Å². The molecular formula is C13H17N3O3. The summed E-state index contributed by atoms with van der Waals surface area (Å²) in [5, 5.41) is 18.8. The number of pyridine rings is 1. The van der Waals surface area contributed by atoms with Gasteiger partial charge in [0.25, 0.3) is 0 Å². The number of carboxylic acids is 1. The van der Waals surface area contributed by atoms with Crippen molar-refractivity contribution in [2.45, 2.75) is 18.9 Å². The minimum absolute atomic E-state index is 0.0978. The Hall–Kier alpha value is -1.82. The van der Waals surface area contributed by atoms with Crippen LogP contribution in [-0.2, 0) is 0 Å². The van der Waals surface area contributed by atoms with Gasteiger partial charge in [-0.25, -0.2) is 9.78 Å². The Balaban J connectivity index is 1.82. The third-order valence-corrected chi connectivity index (χ3v) is 4.26. The summed E-state index contributed by atoms with van der Waals surface area (Å²) < 4.78 is 0. The fraction of sp³-hybridized carbons (Fsp3) is 0.538. The first-order valence-electron chi connectivity index (χ1n) is 6.48. The van der Waals surface area contributed by atoms with Gasteiger partial charge in [0.05, 0.1) is 17.4 Å². The Bertz CT molecular complexity index is 520. The van der Waals surface area contributed by atoms with Crippen molar-refractivity contribution < 1.29 is 15.0 Å². The topological polar surface area (TPSA) is 99.7 Å². The molecule has 0 spiro atoms. The number of hydrogen-bond acceptors (Lipinski definition) is 5. The van der Waals surface area contributed by atoms with Crippen molar-refractivity contribution in [1.82, 2.24) is 4.98 Å². The first-order chi connectivity index (χ1) is 9.06. The molecule has 0 amide bonds. The largest absolute Gasteiger partial charge is 0.478 e. The number of anilines is 2. The van der Waals surface area contributed by atoms with E-state index in [1.54, 1.807) is 0 Å². The first-order valence-corrected chi connectivity index (χ1v) is 6.48. The molecule has 2 aliphatic rings. The first kappa shape index (κ1) is 12.2. The zero-order valence-electron chi connectivity index (χ0n) is 10.5. The highest BCUT2D eigenvalue weighted by Gasteiger charge is 2.42. The molecule has 3 rings (SSSR count). The summed E-state index contributed by atoms with van der Waals surface area (Å²) in [6.07, 6.45) is 3.02. The van der Waals surface area contributed by atoms with Crippen LogP contribution in [0.15, 0.2) is 12.3 Å². The molecule has 3 atom stereocenters. The van der Waals surface area contributed by atoms with E-state index in [4.69, 9.17) is 10.8 Å². The van der Waals surface area contributed by atoms with Gasteiger partial charge in [-0.2, -0.15) is 0 Å². The molecule has 2 fully saturated rings. The fourth-order valence-corrected chi connectivity index (χ4v) is 3.27. The number of nitrogen functional groups attached to an aromatic ring is 1. The second-order valence-corrected chi connectivity index (χ2v) is 5.42. The van der Waals surface area contributed by atoms with Gasteiger partial charge in [0.1, 0.15) is 0 Å². The summed E-state index contributed by atoms with van der Waals surface area (Å²) in [7, 11) is 0. The zero-order valence-corrected chi connectivity index (χ0v) is 10.5. The van der Waals surface area contributed by atoms with E-state index in [0.29, 0.717) is 23.3 Å². The average Bonchev–Trinajstić information content (AvgIpc) is 2.92. The van der Waals surface area contributed by atoms with Crippen molar-refractivity contribution in [3.63, 3.8) is 0 Å². The van der Waals surface area contributed by atoms with Crippen molar-refractivity contribution in [1.29, 1.82) is 0 Å². The van der Waals surface area contributed by atoms with Gasteiger partial charge in [-0.15, -0.1) is 0 Å². The molecule has 1 aromatic rings. The lowest BCUT2D eigenvalue weighted by Crippen LogP contribution is -2.26. The van der Waals surface area contributed by atoms with Gasteiger partial charge in [0, 0.05) is 25.2 Å². The quantitative estimate of drug-likeness (QED) is 0.721. The van der Waals surface area contributed by atoms with E-state index >= 15 is 0 Å². The summed E-state index contributed by atoms with van der Waals surface area (Å²) in [6.45, 7) is 1.58. The SMILES string of the molecule is Nc1cc(C(=O)O)cnc1N1CC2CCC(O)C2C1. The maximum absolute atomic E-state index is 10.8. The van der Waals surface area contributed by atoms with E-state index in [1.165, 1.54) is 12.3 Å². The molecule has 1 aromatic heterocycles. The number of aliphatic hydroxyl groups is 1. The molecule has 6 nitrogen and oxygen atoms in total. The van der Waals surface area contributed by atoms with Crippen molar-refractivity contribution in [3.05, 3.63) is 17.8 Å². The number of aromatic nitrogens is 1. The maximum Gasteiger partial charge on any atom is 0.337 e. The second-order valence-electron chi connectivity index (χ2n) is 5.42. The summed E-state index contributed by atoms with van der Waals surface area (Å²) in [5.41, 5.74) is 6.38. The van der Waals surface area contributed by atoms with E-state index in [9.17, 15) is 9.90 Å². The average molecular weight is 263 g/mol. The molecule has 1 aliphatic heterocycles. The van der Waals surface area contributed by atoms with Gasteiger partial charge < -0.3 is 20.8 Å². The Labute approximate surface area is 110 Å². The third kappa shape index (κ3) is 2.02. The Morgan fingerprint density at radius 1 is 1.42 bits per heavy atom. The number of aromatic carboxylic acids is 1. The monoisotopic (exact) mass is 263 g/mol. The third-order valence-electron chi connectivity index (χ3n) is 4.26. The van der Waals surface area contributed by atoms with Crippen LogP contribution in [0, 0.1) is 11.8 Å².